The largest absolute Gasteiger partial charge is 0.454 e. The summed E-state index contributed by atoms with van der Waals surface area (Å²) in [6.45, 7) is -2.07. The van der Waals surface area contributed by atoms with Gasteiger partial charge in [-0.2, -0.15) is 28.1 Å². The molecule has 252 valence electrons. The molecule has 0 radical (unpaired) electrons. The molecule has 48 heavy (non-hydrogen) atoms. The molecule has 1 aliphatic carbocycles. The van der Waals surface area contributed by atoms with Crippen molar-refractivity contribution < 1.29 is 37.4 Å². The number of aliphatic hydroxyl groups is 1. The summed E-state index contributed by atoms with van der Waals surface area (Å²) in [5.74, 6) is -2.21. The number of anilines is 3. The molecule has 1 fully saturated rings. The molecule has 2 aromatic carbocycles. The summed E-state index contributed by atoms with van der Waals surface area (Å²) in [5, 5.41) is 23.8. The fourth-order valence-electron chi connectivity index (χ4n) is 4.36. The third-order valence-electron chi connectivity index (χ3n) is 6.93. The summed E-state index contributed by atoms with van der Waals surface area (Å²) in [6, 6.07) is 12.6. The van der Waals surface area contributed by atoms with Crippen LogP contribution < -0.4 is 26.0 Å². The van der Waals surface area contributed by atoms with Gasteiger partial charge in [0.2, 0.25) is 17.7 Å². The first-order valence-corrected chi connectivity index (χ1v) is 15.7. The lowest BCUT2D eigenvalue weighted by molar-refractivity contribution is -0.154. The van der Waals surface area contributed by atoms with Gasteiger partial charge >= 0.3 is 12.2 Å². The van der Waals surface area contributed by atoms with Gasteiger partial charge in [-0.15, -0.1) is 11.3 Å². The Morgan fingerprint density at radius 2 is 1.67 bits per heavy atom. The number of ether oxygens (including phenoxy) is 1. The predicted octanol–water partition coefficient (Wildman–Crippen LogP) is 3.79. The third kappa shape index (κ3) is 9.82. The van der Waals surface area contributed by atoms with Crippen molar-refractivity contribution >= 4 is 58.1 Å². The minimum atomic E-state index is -4.61. The molecular weight excluding hydrogens is 677 g/mol. The van der Waals surface area contributed by atoms with E-state index in [9.17, 15) is 32.7 Å². The number of rotatable bonds is 15. The Morgan fingerprint density at radius 1 is 0.979 bits per heavy atom. The number of hydrogen-bond acceptors (Lipinski definition) is 12. The average Bonchev–Trinajstić information content (AvgIpc) is 3.64. The highest BCUT2D eigenvalue weighted by atomic mass is 35.5. The van der Waals surface area contributed by atoms with E-state index in [0.717, 1.165) is 18.4 Å². The highest BCUT2D eigenvalue weighted by Gasteiger charge is 2.45. The molecule has 0 aliphatic heterocycles. The number of halogens is 4. The number of amides is 2. The second kappa shape index (κ2) is 14.9. The first-order valence-electron chi connectivity index (χ1n) is 14.4. The molecule has 1 unspecified atom stereocenters. The fourth-order valence-corrected chi connectivity index (χ4v) is 5.10. The number of thiazole rings is 1. The minimum Gasteiger partial charge on any atom is -0.454 e. The standard InChI is InChI=1S/C30H28ClF3N8O5S/c31-19-5-3-18(4-6-19)29(9-10-29)42-27-39-26(40-28(41-27)47-16-30(32,33)34)38-20-7-1-17(2-8-20)24(45)36-14-21(43)15-37-25(46)22(44)13-23-35-11-12-48-23/h1-8,11-12,21,43H,9-10,13-16H2,(H,36,45)(H,37,46)(H2,38,39,40,41,42). The van der Waals surface area contributed by atoms with E-state index in [0.29, 0.717) is 15.7 Å². The van der Waals surface area contributed by atoms with Crippen molar-refractivity contribution in [2.45, 2.75) is 37.1 Å². The molecule has 0 spiro atoms. The number of Topliss-reactive ketones (excluding diaryl/α,β-unsaturated/α-hetero) is 1. The maximum absolute atomic E-state index is 12.9. The molecule has 5 N–H and O–H groups in total. The second-order valence-electron chi connectivity index (χ2n) is 10.7. The lowest BCUT2D eigenvalue weighted by Gasteiger charge is -2.19. The van der Waals surface area contributed by atoms with E-state index < -0.39 is 48.0 Å². The van der Waals surface area contributed by atoms with Crippen molar-refractivity contribution in [3.63, 3.8) is 0 Å². The molecule has 18 heteroatoms. The van der Waals surface area contributed by atoms with Crippen molar-refractivity contribution in [2.75, 3.05) is 30.3 Å². The second-order valence-corrected chi connectivity index (χ2v) is 12.1. The summed E-state index contributed by atoms with van der Waals surface area (Å²) in [5.41, 5.74) is 0.997. The van der Waals surface area contributed by atoms with Crippen LogP contribution in [0.15, 0.2) is 60.1 Å². The van der Waals surface area contributed by atoms with Gasteiger partial charge in [0, 0.05) is 40.9 Å². The van der Waals surface area contributed by atoms with Crippen molar-refractivity contribution in [3.05, 3.63) is 81.3 Å². The average molecular weight is 705 g/mol. The van der Waals surface area contributed by atoms with Crippen molar-refractivity contribution in [3.8, 4) is 6.01 Å². The van der Waals surface area contributed by atoms with Crippen LogP contribution in [0.2, 0.25) is 5.02 Å². The molecule has 2 aromatic heterocycles. The van der Waals surface area contributed by atoms with E-state index in [4.69, 9.17) is 16.3 Å². The molecule has 0 bridgehead atoms. The molecule has 2 amide bonds. The number of aromatic nitrogens is 4. The zero-order valence-electron chi connectivity index (χ0n) is 24.9. The molecule has 1 aliphatic rings. The summed E-state index contributed by atoms with van der Waals surface area (Å²) >= 11 is 7.25. The van der Waals surface area contributed by atoms with E-state index in [-0.39, 0.29) is 37.0 Å². The summed E-state index contributed by atoms with van der Waals surface area (Å²) in [6.07, 6.45) is -2.95. The van der Waals surface area contributed by atoms with Gasteiger partial charge in [0.1, 0.15) is 5.01 Å². The van der Waals surface area contributed by atoms with Gasteiger partial charge in [-0.3, -0.25) is 14.4 Å². The van der Waals surface area contributed by atoms with Gasteiger partial charge in [-0.05, 0) is 54.8 Å². The van der Waals surface area contributed by atoms with Crippen molar-refractivity contribution in [1.82, 2.24) is 30.6 Å². The Labute approximate surface area is 280 Å². The SMILES string of the molecule is O=C(Cc1nccs1)C(=O)NCC(O)CNC(=O)c1ccc(Nc2nc(NC3(c4ccc(Cl)cc4)CC3)nc(OCC(F)(F)F)n2)cc1. The number of carbonyl (C=O) groups is 3. The fraction of sp³-hybridized carbons (Fsp3) is 0.300. The monoisotopic (exact) mass is 704 g/mol. The summed E-state index contributed by atoms with van der Waals surface area (Å²) in [7, 11) is 0. The van der Waals surface area contributed by atoms with Gasteiger partial charge in [0.15, 0.2) is 6.61 Å². The van der Waals surface area contributed by atoms with E-state index in [1.165, 1.54) is 41.8 Å². The van der Waals surface area contributed by atoms with E-state index in [2.05, 4.69) is 41.2 Å². The van der Waals surface area contributed by atoms with E-state index in [1.807, 2.05) is 12.1 Å². The number of ketones is 1. The number of alkyl halides is 3. The van der Waals surface area contributed by atoms with Crippen LogP contribution in [0.25, 0.3) is 0 Å². The van der Waals surface area contributed by atoms with Crippen LogP contribution in [0.5, 0.6) is 6.01 Å². The third-order valence-corrected chi connectivity index (χ3v) is 7.96. The first kappa shape index (κ1) is 34.5. The van der Waals surface area contributed by atoms with Gasteiger partial charge in [-0.25, -0.2) is 4.98 Å². The summed E-state index contributed by atoms with van der Waals surface area (Å²) in [4.78, 5) is 52.8. The number of benzene rings is 2. The minimum absolute atomic E-state index is 0.00764. The Hall–Kier alpha value is -4.87. The zero-order chi connectivity index (χ0) is 34.3. The lowest BCUT2D eigenvalue weighted by Crippen LogP contribution is -2.42. The van der Waals surface area contributed by atoms with Gasteiger partial charge in [0.25, 0.3) is 11.8 Å². The number of nitrogens with one attached hydrogen (secondary N) is 4. The van der Waals surface area contributed by atoms with Crippen LogP contribution in [0.3, 0.4) is 0 Å². The molecule has 1 atom stereocenters. The normalized spacial score (nSPS) is 14.0. The molecule has 4 aromatic rings. The lowest BCUT2D eigenvalue weighted by atomic mass is 10.1. The Bertz CT molecular complexity index is 1740. The smallest absolute Gasteiger partial charge is 0.422 e. The van der Waals surface area contributed by atoms with Crippen LogP contribution in [-0.2, 0) is 21.5 Å². The number of hydrogen-bond donors (Lipinski definition) is 5. The number of aliphatic hydroxyl groups excluding tert-OH is 1. The van der Waals surface area contributed by atoms with Crippen LogP contribution in [0.1, 0.15) is 33.8 Å². The molecule has 0 saturated heterocycles. The maximum atomic E-state index is 12.9. The molecule has 2 heterocycles. The van der Waals surface area contributed by atoms with Gasteiger partial charge in [-0.1, -0.05) is 23.7 Å². The van der Waals surface area contributed by atoms with E-state index >= 15 is 0 Å². The molecular formula is C30H28ClF3N8O5S. The van der Waals surface area contributed by atoms with E-state index in [1.54, 1.807) is 17.5 Å². The van der Waals surface area contributed by atoms with Crippen LogP contribution in [-0.4, -0.2) is 74.6 Å². The molecule has 5 rings (SSSR count). The maximum Gasteiger partial charge on any atom is 0.422 e. The zero-order valence-corrected chi connectivity index (χ0v) is 26.5. The van der Waals surface area contributed by atoms with Crippen molar-refractivity contribution in [1.29, 1.82) is 0 Å². The predicted molar refractivity (Wildman–Crippen MR) is 169 cm³/mol. The topological polar surface area (TPSA) is 180 Å². The van der Waals surface area contributed by atoms with Crippen molar-refractivity contribution in [2.24, 2.45) is 0 Å². The molecule has 13 nitrogen and oxygen atoms in total. The molecule has 1 saturated carbocycles. The number of nitrogens with zero attached hydrogens (tertiary/aromatic N) is 4. The number of carbonyl (C=O) groups excluding carboxylic acids is 3. The Balaban J connectivity index is 1.17. The van der Waals surface area contributed by atoms with Gasteiger partial charge < -0.3 is 31.1 Å². The quantitative estimate of drug-likeness (QED) is 0.114. The Kier molecular flexibility index (Phi) is 10.7. The van der Waals surface area contributed by atoms with Crippen LogP contribution >= 0.6 is 22.9 Å². The Morgan fingerprint density at radius 3 is 2.31 bits per heavy atom. The van der Waals surface area contributed by atoms with Crippen LogP contribution in [0, 0.1) is 0 Å². The highest BCUT2D eigenvalue weighted by molar-refractivity contribution is 7.09. The highest BCUT2D eigenvalue weighted by Crippen LogP contribution is 2.48. The first-order chi connectivity index (χ1) is 22.9. The van der Waals surface area contributed by atoms with Gasteiger partial charge in [0.05, 0.1) is 18.1 Å². The van der Waals surface area contributed by atoms with Crippen LogP contribution in [0.4, 0.5) is 30.8 Å². The summed E-state index contributed by atoms with van der Waals surface area (Å²) < 4.78 is 43.4.